The summed E-state index contributed by atoms with van der Waals surface area (Å²) in [5, 5.41) is 31.5. The second-order valence-electron chi connectivity index (χ2n) is 1.29. The van der Waals surface area contributed by atoms with E-state index in [1.54, 1.807) is 0 Å². The van der Waals surface area contributed by atoms with Gasteiger partial charge in [0.2, 0.25) is 0 Å². The monoisotopic (exact) mass is 226 g/mol. The molecule has 0 fully saturated rings. The minimum atomic E-state index is -2.33. The molecular weight excluding hydrogens is 218 g/mol. The Labute approximate surface area is 125 Å². The quantitative estimate of drug-likeness (QED) is 0.391. The van der Waals surface area contributed by atoms with E-state index in [2.05, 4.69) is 0 Å². The molecule has 7 nitrogen and oxygen atoms in total. The van der Waals surface area contributed by atoms with Gasteiger partial charge in [0.05, 0.1) is 0 Å². The topological polar surface area (TPSA) is 138 Å². The van der Waals surface area contributed by atoms with Crippen LogP contribution in [0.2, 0.25) is 0 Å². The average Bonchev–Trinajstić information content (AvgIpc) is 1.54. The van der Waals surface area contributed by atoms with Crippen molar-refractivity contribution in [1.82, 2.24) is 0 Å². The molecule has 0 saturated carbocycles. The maximum atomic E-state index is 9.00. The van der Waals surface area contributed by atoms with Gasteiger partial charge in [-0.2, -0.15) is 0 Å². The smallest absolute Gasteiger partial charge is 0.652 e. The average molecular weight is 226 g/mol. The SMILES string of the molecule is CC(=O)O.CC(=O)O.O=C([O-])[O-].[Na+].[Na+]. The summed E-state index contributed by atoms with van der Waals surface area (Å²) in [7, 11) is 0. The van der Waals surface area contributed by atoms with Gasteiger partial charge in [-0.15, -0.1) is 0 Å². The summed E-state index contributed by atoms with van der Waals surface area (Å²) in [6.07, 6.45) is -2.33. The van der Waals surface area contributed by atoms with Gasteiger partial charge in [0.25, 0.3) is 11.9 Å². The van der Waals surface area contributed by atoms with E-state index in [-0.39, 0.29) is 59.1 Å². The summed E-state index contributed by atoms with van der Waals surface area (Å²) in [6, 6.07) is 0. The van der Waals surface area contributed by atoms with Gasteiger partial charge in [-0.1, -0.05) is 0 Å². The zero-order valence-electron chi connectivity index (χ0n) is 8.44. The molecule has 0 aromatic carbocycles. The number of carbonyl (C=O) groups is 3. The molecule has 0 bridgehead atoms. The van der Waals surface area contributed by atoms with Crippen molar-refractivity contribution in [2.45, 2.75) is 13.8 Å². The molecule has 72 valence electrons. The first kappa shape index (κ1) is 29.2. The first-order valence-corrected chi connectivity index (χ1v) is 2.47. The molecule has 0 radical (unpaired) electrons. The van der Waals surface area contributed by atoms with Crippen molar-refractivity contribution < 1.29 is 93.9 Å². The molecule has 0 unspecified atom stereocenters. The molecular formula is C5H8Na2O7. The number of hydrogen-bond acceptors (Lipinski definition) is 5. The van der Waals surface area contributed by atoms with Crippen LogP contribution in [0.5, 0.6) is 0 Å². The van der Waals surface area contributed by atoms with Crippen molar-refractivity contribution in [3.8, 4) is 0 Å². The van der Waals surface area contributed by atoms with Crippen molar-refractivity contribution in [2.75, 3.05) is 0 Å². The summed E-state index contributed by atoms with van der Waals surface area (Å²) < 4.78 is 0. The van der Waals surface area contributed by atoms with Crippen LogP contribution >= 0.6 is 0 Å². The van der Waals surface area contributed by atoms with E-state index >= 15 is 0 Å². The van der Waals surface area contributed by atoms with Gasteiger partial charge in [-0.25, -0.2) is 0 Å². The molecule has 0 aliphatic carbocycles. The molecule has 14 heavy (non-hydrogen) atoms. The van der Waals surface area contributed by atoms with Crippen molar-refractivity contribution in [1.29, 1.82) is 0 Å². The summed E-state index contributed by atoms with van der Waals surface area (Å²) in [5.41, 5.74) is 0. The van der Waals surface area contributed by atoms with Crippen LogP contribution in [0.25, 0.3) is 0 Å². The Morgan fingerprint density at radius 3 is 0.857 bits per heavy atom. The van der Waals surface area contributed by atoms with E-state index in [9.17, 15) is 0 Å². The minimum absolute atomic E-state index is 0. The molecule has 0 amide bonds. The fourth-order valence-corrected chi connectivity index (χ4v) is 0. The maximum Gasteiger partial charge on any atom is 1.00 e. The Hall–Kier alpha value is 0.210. The second-order valence-corrected chi connectivity index (χ2v) is 1.29. The van der Waals surface area contributed by atoms with E-state index in [1.165, 1.54) is 0 Å². The van der Waals surface area contributed by atoms with Crippen LogP contribution in [0.3, 0.4) is 0 Å². The number of hydrogen-bond donors (Lipinski definition) is 2. The van der Waals surface area contributed by atoms with E-state index in [1.807, 2.05) is 0 Å². The van der Waals surface area contributed by atoms with E-state index in [0.717, 1.165) is 13.8 Å². The third-order valence-electron chi connectivity index (χ3n) is 0. The van der Waals surface area contributed by atoms with E-state index in [0.29, 0.717) is 0 Å². The number of rotatable bonds is 0. The molecule has 0 aliphatic heterocycles. The van der Waals surface area contributed by atoms with Crippen LogP contribution < -0.4 is 69.3 Å². The Kier molecular flexibility index (Phi) is 48.5. The minimum Gasteiger partial charge on any atom is -0.652 e. The summed E-state index contributed by atoms with van der Waals surface area (Å²) in [4.78, 5) is 26.3. The van der Waals surface area contributed by atoms with Gasteiger partial charge < -0.3 is 25.2 Å². The fraction of sp³-hybridized carbons (Fsp3) is 0.400. The molecule has 9 heteroatoms. The van der Waals surface area contributed by atoms with Gasteiger partial charge in [0.1, 0.15) is 0 Å². The molecule has 0 aliphatic rings. The second kappa shape index (κ2) is 23.2. The normalized spacial score (nSPS) is 5.29. The van der Waals surface area contributed by atoms with Gasteiger partial charge in [0.15, 0.2) is 0 Å². The van der Waals surface area contributed by atoms with Crippen LogP contribution in [-0.2, 0) is 9.59 Å². The van der Waals surface area contributed by atoms with Crippen LogP contribution in [-0.4, -0.2) is 28.3 Å². The number of carboxylic acids is 2. The molecule has 2 N–H and O–H groups in total. The molecule has 0 rings (SSSR count). The first-order valence-electron chi connectivity index (χ1n) is 2.47. The van der Waals surface area contributed by atoms with E-state index < -0.39 is 18.1 Å². The summed E-state index contributed by atoms with van der Waals surface area (Å²) in [6.45, 7) is 2.17. The Morgan fingerprint density at radius 2 is 0.857 bits per heavy atom. The van der Waals surface area contributed by atoms with Crippen molar-refractivity contribution in [3.63, 3.8) is 0 Å². The van der Waals surface area contributed by atoms with Gasteiger partial charge in [0, 0.05) is 13.8 Å². The standard InChI is InChI=1S/2C2H4O2.CH2O3.2Na/c2*1-2(3)4;2-1(3)4;;/h2*1H3,(H,3,4);(H2,2,3,4);;/q;;;2*+1/p-2. The zero-order valence-corrected chi connectivity index (χ0v) is 12.4. The number of carbonyl (C=O) groups excluding carboxylic acids is 1. The Morgan fingerprint density at radius 1 is 0.857 bits per heavy atom. The van der Waals surface area contributed by atoms with Gasteiger partial charge in [-0.05, 0) is 6.16 Å². The largest absolute Gasteiger partial charge is 1.00 e. The van der Waals surface area contributed by atoms with Crippen LogP contribution in [0, 0.1) is 0 Å². The van der Waals surface area contributed by atoms with E-state index in [4.69, 9.17) is 34.8 Å². The predicted molar refractivity (Wildman–Crippen MR) is 32.0 cm³/mol. The van der Waals surface area contributed by atoms with Gasteiger partial charge >= 0.3 is 59.1 Å². The van der Waals surface area contributed by atoms with Crippen molar-refractivity contribution in [3.05, 3.63) is 0 Å². The molecule has 0 aromatic rings. The first-order chi connectivity index (χ1) is 5.20. The molecule has 0 atom stereocenters. The van der Waals surface area contributed by atoms with Crippen LogP contribution in [0.15, 0.2) is 0 Å². The molecule has 0 aromatic heterocycles. The number of aliphatic carboxylic acids is 2. The summed E-state index contributed by atoms with van der Waals surface area (Å²) >= 11 is 0. The van der Waals surface area contributed by atoms with Gasteiger partial charge in [-0.3, -0.25) is 9.59 Å². The van der Waals surface area contributed by atoms with Crippen LogP contribution in [0.4, 0.5) is 4.79 Å². The maximum absolute atomic E-state index is 9.00. The van der Waals surface area contributed by atoms with Crippen LogP contribution in [0.1, 0.15) is 13.8 Å². The zero-order chi connectivity index (χ0) is 10.7. The fourth-order valence-electron chi connectivity index (χ4n) is 0. The Bertz CT molecular complexity index is 118. The van der Waals surface area contributed by atoms with Crippen molar-refractivity contribution in [2.24, 2.45) is 0 Å². The number of carboxylic acid groups (broad SMARTS) is 4. The third-order valence-corrected chi connectivity index (χ3v) is 0. The molecule has 0 spiro atoms. The third kappa shape index (κ3) is 34800. The molecule has 0 heterocycles. The summed E-state index contributed by atoms with van der Waals surface area (Å²) in [5.74, 6) is -1.67. The Balaban J connectivity index is -0.0000000270. The predicted octanol–water partition coefficient (Wildman–Crippen LogP) is -8.26. The van der Waals surface area contributed by atoms with Crippen molar-refractivity contribution >= 4 is 18.1 Å². The molecule has 0 saturated heterocycles.